The molecule has 1 amide bonds. The molecule has 1 saturated carbocycles. The first-order valence-electron chi connectivity index (χ1n) is 6.74. The Morgan fingerprint density at radius 1 is 1.40 bits per heavy atom. The van der Waals surface area contributed by atoms with Crippen LogP contribution in [-0.2, 0) is 19.6 Å². The summed E-state index contributed by atoms with van der Waals surface area (Å²) in [5.74, 6) is -0.190. The van der Waals surface area contributed by atoms with Crippen molar-refractivity contribution in [2.45, 2.75) is 31.9 Å². The van der Waals surface area contributed by atoms with Gasteiger partial charge >= 0.3 is 0 Å². The molecule has 8 heteroatoms. The van der Waals surface area contributed by atoms with Crippen molar-refractivity contribution in [1.29, 1.82) is 0 Å². The molecule has 0 spiro atoms. The van der Waals surface area contributed by atoms with Gasteiger partial charge in [0.15, 0.2) is 0 Å². The highest BCUT2D eigenvalue weighted by Gasteiger charge is 2.71. The lowest BCUT2D eigenvalue weighted by molar-refractivity contribution is -0.175. The molecular formula is C12H23N3O4S. The van der Waals surface area contributed by atoms with Gasteiger partial charge in [-0.2, -0.15) is 0 Å². The van der Waals surface area contributed by atoms with E-state index in [4.69, 9.17) is 10.5 Å². The van der Waals surface area contributed by atoms with E-state index in [-0.39, 0.29) is 31.0 Å². The van der Waals surface area contributed by atoms with Crippen molar-refractivity contribution in [2.24, 2.45) is 17.1 Å². The van der Waals surface area contributed by atoms with Crippen LogP contribution in [0.15, 0.2) is 0 Å². The molecule has 1 saturated heterocycles. The Kier molecular flexibility index (Phi) is 3.87. The fraction of sp³-hybridized carbons (Fsp3) is 0.917. The zero-order chi connectivity index (χ0) is 15.2. The third kappa shape index (κ3) is 2.34. The fourth-order valence-corrected chi connectivity index (χ4v) is 3.88. The number of fused-ring (bicyclic) bond motifs is 1. The number of nitrogens with one attached hydrogen (secondary N) is 2. The minimum absolute atomic E-state index is 0.0346. The number of carbonyl (C=O) groups excluding carboxylic acids is 1. The maximum Gasteiger partial charge on any atom is 0.241 e. The van der Waals surface area contributed by atoms with Gasteiger partial charge in [0.05, 0.1) is 12.4 Å². The lowest BCUT2D eigenvalue weighted by atomic mass is 9.48. The summed E-state index contributed by atoms with van der Waals surface area (Å²) in [5, 5.41) is 2.72. The lowest BCUT2D eigenvalue weighted by Gasteiger charge is -2.60. The van der Waals surface area contributed by atoms with E-state index >= 15 is 0 Å². The van der Waals surface area contributed by atoms with Crippen LogP contribution in [0, 0.1) is 11.3 Å². The topological polar surface area (TPSA) is 111 Å². The summed E-state index contributed by atoms with van der Waals surface area (Å²) in [6, 6.07) is 0. The summed E-state index contributed by atoms with van der Waals surface area (Å²) in [4.78, 5) is 12.4. The second kappa shape index (κ2) is 4.94. The first kappa shape index (κ1) is 15.7. The molecule has 0 aromatic carbocycles. The van der Waals surface area contributed by atoms with Crippen LogP contribution in [-0.4, -0.2) is 51.9 Å². The summed E-state index contributed by atoms with van der Waals surface area (Å²) in [6.07, 6.45) is 1.90. The summed E-state index contributed by atoms with van der Waals surface area (Å²) >= 11 is 0. The Balaban J connectivity index is 1.92. The van der Waals surface area contributed by atoms with E-state index in [0.29, 0.717) is 6.61 Å². The summed E-state index contributed by atoms with van der Waals surface area (Å²) in [5.41, 5.74) is 4.99. The van der Waals surface area contributed by atoms with E-state index in [2.05, 4.69) is 10.0 Å². The molecule has 116 valence electrons. The van der Waals surface area contributed by atoms with Crippen LogP contribution in [0.2, 0.25) is 0 Å². The van der Waals surface area contributed by atoms with Crippen molar-refractivity contribution >= 4 is 15.9 Å². The van der Waals surface area contributed by atoms with Gasteiger partial charge in [0.25, 0.3) is 0 Å². The normalized spacial score (nSPS) is 35.2. The predicted octanol–water partition coefficient (Wildman–Crippen LogP) is -1.21. The number of ether oxygens (including phenoxy) is 1. The van der Waals surface area contributed by atoms with E-state index in [1.807, 2.05) is 13.8 Å². The van der Waals surface area contributed by atoms with Crippen LogP contribution >= 0.6 is 0 Å². The van der Waals surface area contributed by atoms with Gasteiger partial charge in [0, 0.05) is 31.0 Å². The molecule has 2 fully saturated rings. The van der Waals surface area contributed by atoms with Gasteiger partial charge in [-0.1, -0.05) is 13.8 Å². The molecule has 3 unspecified atom stereocenters. The predicted molar refractivity (Wildman–Crippen MR) is 74.4 cm³/mol. The van der Waals surface area contributed by atoms with Crippen LogP contribution in [0.3, 0.4) is 0 Å². The zero-order valence-electron chi connectivity index (χ0n) is 12.1. The minimum atomic E-state index is -3.24. The highest BCUT2D eigenvalue weighted by molar-refractivity contribution is 7.88. The highest BCUT2D eigenvalue weighted by atomic mass is 32.2. The van der Waals surface area contributed by atoms with Crippen LogP contribution in [0.4, 0.5) is 0 Å². The van der Waals surface area contributed by atoms with Gasteiger partial charge in [-0.15, -0.1) is 0 Å². The quantitative estimate of drug-likeness (QED) is 0.552. The number of carbonyl (C=O) groups is 1. The Bertz CT molecular complexity index is 505. The molecule has 2 rings (SSSR count). The maximum absolute atomic E-state index is 12.4. The third-order valence-corrected chi connectivity index (χ3v) is 5.33. The van der Waals surface area contributed by atoms with Gasteiger partial charge < -0.3 is 15.8 Å². The largest absolute Gasteiger partial charge is 0.377 e. The van der Waals surface area contributed by atoms with E-state index in [9.17, 15) is 13.2 Å². The number of hydrogen-bond donors (Lipinski definition) is 3. The molecule has 7 nitrogen and oxygen atoms in total. The molecule has 20 heavy (non-hydrogen) atoms. The number of amides is 1. The Morgan fingerprint density at radius 2 is 2.05 bits per heavy atom. The first-order valence-corrected chi connectivity index (χ1v) is 8.63. The molecule has 3 atom stereocenters. The summed E-state index contributed by atoms with van der Waals surface area (Å²) in [6.45, 7) is 4.90. The van der Waals surface area contributed by atoms with Gasteiger partial charge in [0.2, 0.25) is 15.9 Å². The van der Waals surface area contributed by atoms with Crippen LogP contribution in [0.1, 0.15) is 20.3 Å². The Labute approximate surface area is 119 Å². The molecule has 1 aliphatic carbocycles. The molecule has 0 aromatic heterocycles. The number of nitrogens with two attached hydrogens (primary N) is 1. The van der Waals surface area contributed by atoms with E-state index < -0.39 is 21.0 Å². The van der Waals surface area contributed by atoms with E-state index in [0.717, 1.165) is 12.7 Å². The van der Waals surface area contributed by atoms with Crippen molar-refractivity contribution in [2.75, 3.05) is 26.0 Å². The molecule has 1 heterocycles. The average molecular weight is 305 g/mol. The fourth-order valence-electron chi connectivity index (χ4n) is 3.40. The second-order valence-corrected chi connectivity index (χ2v) is 8.03. The van der Waals surface area contributed by atoms with Crippen molar-refractivity contribution < 1.29 is 17.9 Å². The highest BCUT2D eigenvalue weighted by Crippen LogP contribution is 2.58. The smallest absolute Gasteiger partial charge is 0.241 e. The first-order chi connectivity index (χ1) is 9.11. The molecule has 0 radical (unpaired) electrons. The summed E-state index contributed by atoms with van der Waals surface area (Å²) < 4.78 is 29.8. The standard InChI is InChI=1S/C12H23N3O4S/c1-11(2)9-8(4-7-19-9)12(11,13)10(16)14-5-6-15-20(3,17)18/h8-9,15H,4-7,13H2,1-3H3,(H,14,16). The Hall–Kier alpha value is -0.700. The molecule has 4 N–H and O–H groups in total. The van der Waals surface area contributed by atoms with Gasteiger partial charge in [0.1, 0.15) is 5.54 Å². The second-order valence-electron chi connectivity index (χ2n) is 6.20. The monoisotopic (exact) mass is 305 g/mol. The van der Waals surface area contributed by atoms with Gasteiger partial charge in [-0.3, -0.25) is 4.79 Å². The van der Waals surface area contributed by atoms with Crippen LogP contribution in [0.5, 0.6) is 0 Å². The van der Waals surface area contributed by atoms with Crippen molar-refractivity contribution in [3.63, 3.8) is 0 Å². The van der Waals surface area contributed by atoms with Crippen LogP contribution < -0.4 is 15.8 Å². The SMILES string of the molecule is CC1(C)C2OCCC2C1(N)C(=O)NCCNS(C)(=O)=O. The van der Waals surface area contributed by atoms with E-state index in [1.165, 1.54) is 0 Å². The lowest BCUT2D eigenvalue weighted by Crippen LogP contribution is -2.80. The Morgan fingerprint density at radius 3 is 2.65 bits per heavy atom. The maximum atomic E-state index is 12.4. The molecule has 0 aromatic rings. The molecular weight excluding hydrogens is 282 g/mol. The molecule has 1 aliphatic heterocycles. The van der Waals surface area contributed by atoms with Gasteiger partial charge in [-0.05, 0) is 6.42 Å². The minimum Gasteiger partial charge on any atom is -0.377 e. The number of rotatable bonds is 5. The van der Waals surface area contributed by atoms with Crippen molar-refractivity contribution in [3.05, 3.63) is 0 Å². The van der Waals surface area contributed by atoms with Crippen LogP contribution in [0.25, 0.3) is 0 Å². The molecule has 2 aliphatic rings. The molecule has 0 bridgehead atoms. The van der Waals surface area contributed by atoms with Gasteiger partial charge in [-0.25, -0.2) is 13.1 Å². The summed E-state index contributed by atoms with van der Waals surface area (Å²) in [7, 11) is -3.24. The van der Waals surface area contributed by atoms with Crippen molar-refractivity contribution in [3.8, 4) is 0 Å². The van der Waals surface area contributed by atoms with E-state index in [1.54, 1.807) is 0 Å². The average Bonchev–Trinajstić information content (AvgIpc) is 2.80. The van der Waals surface area contributed by atoms with Crippen molar-refractivity contribution in [1.82, 2.24) is 10.0 Å². The third-order valence-electron chi connectivity index (χ3n) is 4.60. The number of hydrogen-bond acceptors (Lipinski definition) is 5. The number of sulfonamides is 1. The zero-order valence-corrected chi connectivity index (χ0v) is 12.9.